The number of amides is 1. The Morgan fingerprint density at radius 2 is 2.31 bits per heavy atom. The highest BCUT2D eigenvalue weighted by Crippen LogP contribution is 2.19. The Labute approximate surface area is 93.7 Å². The molecule has 0 aliphatic heterocycles. The second-order valence-corrected chi connectivity index (χ2v) is 3.71. The van der Waals surface area contributed by atoms with Crippen molar-refractivity contribution in [2.24, 2.45) is 0 Å². The molecule has 2 aromatic rings. The van der Waals surface area contributed by atoms with Crippen LogP contribution in [0.25, 0.3) is 11.1 Å². The van der Waals surface area contributed by atoms with Gasteiger partial charge in [0.25, 0.3) is 0 Å². The summed E-state index contributed by atoms with van der Waals surface area (Å²) in [7, 11) is 0. The minimum Gasteiger partial charge on any atom is -0.441 e. The average Bonchev–Trinajstić information content (AvgIpc) is 2.57. The summed E-state index contributed by atoms with van der Waals surface area (Å²) in [5.74, 6) is 0.658. The van der Waals surface area contributed by atoms with Crippen molar-refractivity contribution in [3.63, 3.8) is 0 Å². The number of rotatable bonds is 3. The molecule has 0 unspecified atom stereocenters. The molecule has 0 saturated carbocycles. The van der Waals surface area contributed by atoms with E-state index in [9.17, 15) is 4.79 Å². The number of fused-ring (bicyclic) bond motifs is 1. The van der Waals surface area contributed by atoms with E-state index in [1.54, 1.807) is 13.0 Å². The molecule has 1 N–H and O–H groups in total. The normalized spacial score (nSPS) is 10.6. The third-order valence-electron chi connectivity index (χ3n) is 2.26. The number of nitrogens with one attached hydrogen (secondary N) is 1. The standard InChI is InChI=1S/C12H14N2O2/c1-3-4-12(15)14-9-5-6-10-11(7-9)16-8(2)13-10/h5-7H,3-4H2,1-2H3,(H,14,15). The Morgan fingerprint density at radius 3 is 3.06 bits per heavy atom. The monoisotopic (exact) mass is 218 g/mol. The zero-order chi connectivity index (χ0) is 11.5. The minimum atomic E-state index is 0.0260. The molecule has 1 heterocycles. The lowest BCUT2D eigenvalue weighted by atomic mass is 10.2. The maximum Gasteiger partial charge on any atom is 0.224 e. The Hall–Kier alpha value is -1.84. The number of oxazole rings is 1. The first-order valence-electron chi connectivity index (χ1n) is 5.36. The predicted octanol–water partition coefficient (Wildman–Crippen LogP) is 2.87. The van der Waals surface area contributed by atoms with Gasteiger partial charge in [-0.15, -0.1) is 0 Å². The number of aryl methyl sites for hydroxylation is 1. The number of carbonyl (C=O) groups is 1. The first-order valence-corrected chi connectivity index (χ1v) is 5.36. The van der Waals surface area contributed by atoms with Crippen molar-refractivity contribution in [1.82, 2.24) is 4.98 Å². The van der Waals surface area contributed by atoms with E-state index < -0.39 is 0 Å². The summed E-state index contributed by atoms with van der Waals surface area (Å²) in [6, 6.07) is 5.47. The molecule has 4 nitrogen and oxygen atoms in total. The van der Waals surface area contributed by atoms with Crippen molar-refractivity contribution >= 4 is 22.7 Å². The van der Waals surface area contributed by atoms with Crippen LogP contribution in [0.3, 0.4) is 0 Å². The zero-order valence-corrected chi connectivity index (χ0v) is 9.41. The number of aromatic nitrogens is 1. The molecule has 0 radical (unpaired) electrons. The van der Waals surface area contributed by atoms with Crippen LogP contribution in [-0.2, 0) is 4.79 Å². The van der Waals surface area contributed by atoms with Crippen molar-refractivity contribution < 1.29 is 9.21 Å². The summed E-state index contributed by atoms with van der Waals surface area (Å²) in [5.41, 5.74) is 2.26. The number of anilines is 1. The van der Waals surface area contributed by atoms with Crippen molar-refractivity contribution in [3.05, 3.63) is 24.1 Å². The first kappa shape index (κ1) is 10.7. The van der Waals surface area contributed by atoms with Gasteiger partial charge in [-0.2, -0.15) is 0 Å². The van der Waals surface area contributed by atoms with Crippen LogP contribution >= 0.6 is 0 Å². The molecule has 0 saturated heterocycles. The van der Waals surface area contributed by atoms with Gasteiger partial charge in [0.1, 0.15) is 5.52 Å². The maximum atomic E-state index is 11.4. The summed E-state index contributed by atoms with van der Waals surface area (Å²) in [4.78, 5) is 15.6. The van der Waals surface area contributed by atoms with Gasteiger partial charge in [0.2, 0.25) is 5.91 Å². The Kier molecular flexibility index (Phi) is 2.90. The van der Waals surface area contributed by atoms with Crippen LogP contribution in [0.5, 0.6) is 0 Å². The maximum absolute atomic E-state index is 11.4. The number of hydrogen-bond acceptors (Lipinski definition) is 3. The summed E-state index contributed by atoms with van der Waals surface area (Å²) < 4.78 is 5.39. The molecule has 2 rings (SSSR count). The van der Waals surface area contributed by atoms with Crippen LogP contribution in [-0.4, -0.2) is 10.9 Å². The van der Waals surface area contributed by atoms with Gasteiger partial charge < -0.3 is 9.73 Å². The Bertz CT molecular complexity index is 517. The fourth-order valence-corrected chi connectivity index (χ4v) is 1.57. The van der Waals surface area contributed by atoms with Crippen molar-refractivity contribution in [2.75, 3.05) is 5.32 Å². The van der Waals surface area contributed by atoms with E-state index in [0.29, 0.717) is 17.9 Å². The topological polar surface area (TPSA) is 55.1 Å². The van der Waals surface area contributed by atoms with Gasteiger partial charge in [0.15, 0.2) is 11.5 Å². The second kappa shape index (κ2) is 4.35. The van der Waals surface area contributed by atoms with E-state index in [0.717, 1.165) is 17.6 Å². The fraction of sp³-hybridized carbons (Fsp3) is 0.333. The van der Waals surface area contributed by atoms with E-state index in [4.69, 9.17) is 4.42 Å². The van der Waals surface area contributed by atoms with Crippen LogP contribution in [0.1, 0.15) is 25.7 Å². The van der Waals surface area contributed by atoms with Gasteiger partial charge in [-0.05, 0) is 18.6 Å². The number of benzene rings is 1. The average molecular weight is 218 g/mol. The summed E-state index contributed by atoms with van der Waals surface area (Å²) in [6.45, 7) is 3.78. The van der Waals surface area contributed by atoms with Gasteiger partial charge in [-0.1, -0.05) is 6.92 Å². The molecule has 0 atom stereocenters. The van der Waals surface area contributed by atoms with Gasteiger partial charge in [0.05, 0.1) is 0 Å². The Morgan fingerprint density at radius 1 is 1.50 bits per heavy atom. The summed E-state index contributed by atoms with van der Waals surface area (Å²) in [5, 5.41) is 2.82. The molecule has 0 aliphatic carbocycles. The van der Waals surface area contributed by atoms with Crippen molar-refractivity contribution in [3.8, 4) is 0 Å². The molecule has 84 valence electrons. The molecule has 1 aromatic carbocycles. The highest BCUT2D eigenvalue weighted by Gasteiger charge is 2.05. The van der Waals surface area contributed by atoms with E-state index in [1.807, 2.05) is 19.1 Å². The molecule has 1 amide bonds. The molecule has 1 aromatic heterocycles. The quantitative estimate of drug-likeness (QED) is 0.861. The zero-order valence-electron chi connectivity index (χ0n) is 9.41. The van der Waals surface area contributed by atoms with Crippen LogP contribution in [0.15, 0.2) is 22.6 Å². The van der Waals surface area contributed by atoms with Gasteiger partial charge in [-0.3, -0.25) is 4.79 Å². The van der Waals surface area contributed by atoms with Crippen LogP contribution in [0, 0.1) is 6.92 Å². The lowest BCUT2D eigenvalue weighted by Crippen LogP contribution is -2.10. The molecule has 0 aliphatic rings. The molecule has 4 heteroatoms. The van der Waals surface area contributed by atoms with Gasteiger partial charge in [-0.25, -0.2) is 4.98 Å². The van der Waals surface area contributed by atoms with Gasteiger partial charge in [0, 0.05) is 25.1 Å². The highest BCUT2D eigenvalue weighted by atomic mass is 16.3. The summed E-state index contributed by atoms with van der Waals surface area (Å²) in [6.07, 6.45) is 1.38. The molecule has 0 fully saturated rings. The SMILES string of the molecule is CCCC(=O)Nc1ccc2nc(C)oc2c1. The van der Waals surface area contributed by atoms with E-state index in [1.165, 1.54) is 0 Å². The number of nitrogens with zero attached hydrogens (tertiary/aromatic N) is 1. The summed E-state index contributed by atoms with van der Waals surface area (Å²) >= 11 is 0. The van der Waals surface area contributed by atoms with Crippen LogP contribution in [0.4, 0.5) is 5.69 Å². The molecular weight excluding hydrogens is 204 g/mol. The third-order valence-corrected chi connectivity index (χ3v) is 2.26. The van der Waals surface area contributed by atoms with E-state index in [2.05, 4.69) is 10.3 Å². The smallest absolute Gasteiger partial charge is 0.224 e. The largest absolute Gasteiger partial charge is 0.441 e. The number of hydrogen-bond donors (Lipinski definition) is 1. The molecule has 0 spiro atoms. The van der Waals surface area contributed by atoms with E-state index >= 15 is 0 Å². The highest BCUT2D eigenvalue weighted by molar-refractivity contribution is 5.92. The lowest BCUT2D eigenvalue weighted by molar-refractivity contribution is -0.116. The molecular formula is C12H14N2O2. The Balaban J connectivity index is 2.22. The van der Waals surface area contributed by atoms with Crippen molar-refractivity contribution in [2.45, 2.75) is 26.7 Å². The van der Waals surface area contributed by atoms with Gasteiger partial charge >= 0.3 is 0 Å². The molecule has 0 bridgehead atoms. The third kappa shape index (κ3) is 2.21. The van der Waals surface area contributed by atoms with Crippen molar-refractivity contribution in [1.29, 1.82) is 0 Å². The fourth-order valence-electron chi connectivity index (χ4n) is 1.57. The first-order chi connectivity index (χ1) is 7.69. The lowest BCUT2D eigenvalue weighted by Gasteiger charge is -2.02. The van der Waals surface area contributed by atoms with Crippen LogP contribution in [0.2, 0.25) is 0 Å². The predicted molar refractivity (Wildman–Crippen MR) is 62.3 cm³/mol. The minimum absolute atomic E-state index is 0.0260. The van der Waals surface area contributed by atoms with E-state index in [-0.39, 0.29) is 5.91 Å². The molecule has 16 heavy (non-hydrogen) atoms. The van der Waals surface area contributed by atoms with Crippen LogP contribution < -0.4 is 5.32 Å². The number of carbonyl (C=O) groups excluding carboxylic acids is 1. The second-order valence-electron chi connectivity index (χ2n) is 3.71.